The van der Waals surface area contributed by atoms with Crippen LogP contribution in [0.15, 0.2) is 48.5 Å². The molecule has 2 amide bonds. The molecule has 2 aromatic rings. The number of methoxy groups -OCH3 is 1. The molecule has 1 saturated heterocycles. The van der Waals surface area contributed by atoms with Gasteiger partial charge in [-0.15, -0.1) is 0 Å². The summed E-state index contributed by atoms with van der Waals surface area (Å²) < 4.78 is 10.6. The Morgan fingerprint density at radius 1 is 1.19 bits per heavy atom. The molecule has 1 fully saturated rings. The van der Waals surface area contributed by atoms with Crippen LogP contribution in [0.3, 0.4) is 0 Å². The molecule has 2 aromatic carbocycles. The lowest BCUT2D eigenvalue weighted by atomic mass is 10.1. The fraction of sp³-hybridized carbons (Fsp3) is 0.300. The molecule has 4 rings (SSSR count). The fourth-order valence-corrected chi connectivity index (χ4v) is 3.59. The minimum Gasteiger partial charge on any atom is -0.497 e. The number of hydrogen-bond donors (Lipinski definition) is 2. The maximum atomic E-state index is 12.3. The van der Waals surface area contributed by atoms with E-state index in [1.54, 1.807) is 31.4 Å². The van der Waals surface area contributed by atoms with E-state index in [1.807, 2.05) is 24.3 Å². The molecule has 2 N–H and O–H groups in total. The van der Waals surface area contributed by atoms with Gasteiger partial charge in [0.1, 0.15) is 17.5 Å². The van der Waals surface area contributed by atoms with Gasteiger partial charge in [0, 0.05) is 12.6 Å². The normalized spacial score (nSPS) is 20.3. The van der Waals surface area contributed by atoms with Crippen LogP contribution in [0, 0.1) is 0 Å². The molecule has 140 valence electrons. The van der Waals surface area contributed by atoms with Crippen molar-refractivity contribution in [2.24, 2.45) is 0 Å². The molecule has 2 atom stereocenters. The maximum absolute atomic E-state index is 12.3. The van der Waals surface area contributed by atoms with Gasteiger partial charge in [-0.05, 0) is 42.8 Å². The zero-order chi connectivity index (χ0) is 18.8. The molecule has 0 saturated carbocycles. The number of ether oxygens (including phenoxy) is 2. The van der Waals surface area contributed by atoms with Crippen LogP contribution in [0.25, 0.3) is 0 Å². The molecular formula is C20H21N3O4. The van der Waals surface area contributed by atoms with Crippen molar-refractivity contribution in [1.29, 1.82) is 0 Å². The zero-order valence-corrected chi connectivity index (χ0v) is 15.0. The second kappa shape index (κ2) is 7.19. The Morgan fingerprint density at radius 3 is 2.70 bits per heavy atom. The molecule has 2 aliphatic rings. The van der Waals surface area contributed by atoms with Crippen LogP contribution in [0.4, 0.5) is 11.4 Å². The standard InChI is InChI=1S/C20H21N3O4/c1-26-14-6-8-15(9-7-14)27-12-19(24)21-13-10-18-20(25)22-16-4-2-3-5-17(16)23(18)11-13/h2-9,13,18H,10-12H2,1H3,(H,21,24)(H,22,25). The van der Waals surface area contributed by atoms with Crippen LogP contribution in [0.2, 0.25) is 0 Å². The summed E-state index contributed by atoms with van der Waals surface area (Å²) in [5.74, 6) is 1.10. The predicted molar refractivity (Wildman–Crippen MR) is 101 cm³/mol. The van der Waals surface area contributed by atoms with E-state index in [-0.39, 0.29) is 30.5 Å². The van der Waals surface area contributed by atoms with E-state index >= 15 is 0 Å². The van der Waals surface area contributed by atoms with E-state index < -0.39 is 0 Å². The molecule has 0 aromatic heterocycles. The van der Waals surface area contributed by atoms with Gasteiger partial charge in [-0.1, -0.05) is 12.1 Å². The van der Waals surface area contributed by atoms with Gasteiger partial charge in [0.2, 0.25) is 5.91 Å². The number of carbonyl (C=O) groups excluding carboxylic acids is 2. The van der Waals surface area contributed by atoms with E-state index in [2.05, 4.69) is 15.5 Å². The number of para-hydroxylation sites is 2. The van der Waals surface area contributed by atoms with Crippen molar-refractivity contribution >= 4 is 23.2 Å². The summed E-state index contributed by atoms with van der Waals surface area (Å²) in [6, 6.07) is 14.4. The number of rotatable bonds is 5. The molecule has 2 heterocycles. The third kappa shape index (κ3) is 3.53. The third-order valence-corrected chi connectivity index (χ3v) is 4.87. The Morgan fingerprint density at radius 2 is 1.93 bits per heavy atom. The van der Waals surface area contributed by atoms with Crippen molar-refractivity contribution in [3.05, 3.63) is 48.5 Å². The van der Waals surface area contributed by atoms with Crippen LogP contribution in [-0.2, 0) is 9.59 Å². The van der Waals surface area contributed by atoms with E-state index in [0.29, 0.717) is 18.7 Å². The van der Waals surface area contributed by atoms with E-state index in [9.17, 15) is 9.59 Å². The molecule has 2 aliphatic heterocycles. The highest BCUT2D eigenvalue weighted by atomic mass is 16.5. The molecule has 0 spiro atoms. The molecule has 2 unspecified atom stereocenters. The first-order valence-corrected chi connectivity index (χ1v) is 8.87. The van der Waals surface area contributed by atoms with Gasteiger partial charge in [-0.2, -0.15) is 0 Å². The average molecular weight is 367 g/mol. The summed E-state index contributed by atoms with van der Waals surface area (Å²) in [7, 11) is 1.59. The fourth-order valence-electron chi connectivity index (χ4n) is 3.59. The van der Waals surface area contributed by atoms with Crippen molar-refractivity contribution in [3.8, 4) is 11.5 Å². The first kappa shape index (κ1) is 17.2. The summed E-state index contributed by atoms with van der Waals surface area (Å²) in [6.07, 6.45) is 0.578. The number of anilines is 2. The Labute approximate surface area is 157 Å². The summed E-state index contributed by atoms with van der Waals surface area (Å²) in [4.78, 5) is 26.6. The molecular weight excluding hydrogens is 346 g/mol. The highest BCUT2D eigenvalue weighted by Crippen LogP contribution is 2.36. The van der Waals surface area contributed by atoms with Gasteiger partial charge in [0.05, 0.1) is 18.5 Å². The number of carbonyl (C=O) groups is 2. The number of fused-ring (bicyclic) bond motifs is 3. The summed E-state index contributed by atoms with van der Waals surface area (Å²) in [5, 5.41) is 5.90. The lowest BCUT2D eigenvalue weighted by Gasteiger charge is -2.32. The van der Waals surface area contributed by atoms with Gasteiger partial charge in [0.25, 0.3) is 5.91 Å². The van der Waals surface area contributed by atoms with Gasteiger partial charge in [0.15, 0.2) is 6.61 Å². The number of nitrogens with one attached hydrogen (secondary N) is 2. The van der Waals surface area contributed by atoms with Gasteiger partial charge in [-0.3, -0.25) is 9.59 Å². The number of nitrogens with zero attached hydrogens (tertiary/aromatic N) is 1. The minimum absolute atomic E-state index is 0.0278. The van der Waals surface area contributed by atoms with Crippen LogP contribution in [-0.4, -0.2) is 44.2 Å². The number of amides is 2. The predicted octanol–water partition coefficient (Wildman–Crippen LogP) is 1.79. The maximum Gasteiger partial charge on any atom is 0.258 e. The Bertz CT molecular complexity index is 853. The Balaban J connectivity index is 1.34. The first-order valence-electron chi connectivity index (χ1n) is 8.87. The minimum atomic E-state index is -0.257. The SMILES string of the molecule is COc1ccc(OCC(=O)NC2CC3C(=O)Nc4ccccc4N3C2)cc1. The van der Waals surface area contributed by atoms with Crippen LogP contribution >= 0.6 is 0 Å². The molecule has 0 radical (unpaired) electrons. The molecule has 27 heavy (non-hydrogen) atoms. The summed E-state index contributed by atoms with van der Waals surface area (Å²) in [5.41, 5.74) is 1.81. The highest BCUT2D eigenvalue weighted by Gasteiger charge is 2.41. The summed E-state index contributed by atoms with van der Waals surface area (Å²) >= 11 is 0. The molecule has 7 nitrogen and oxygen atoms in total. The lowest BCUT2D eigenvalue weighted by Crippen LogP contribution is -2.44. The highest BCUT2D eigenvalue weighted by molar-refractivity contribution is 6.04. The van der Waals surface area contributed by atoms with E-state index in [1.165, 1.54) is 0 Å². The first-order chi connectivity index (χ1) is 13.1. The van der Waals surface area contributed by atoms with Crippen molar-refractivity contribution in [2.45, 2.75) is 18.5 Å². The van der Waals surface area contributed by atoms with Crippen LogP contribution in [0.5, 0.6) is 11.5 Å². The largest absolute Gasteiger partial charge is 0.497 e. The Kier molecular flexibility index (Phi) is 4.58. The molecule has 7 heteroatoms. The Hall–Kier alpha value is -3.22. The summed E-state index contributed by atoms with van der Waals surface area (Å²) in [6.45, 7) is 0.527. The smallest absolute Gasteiger partial charge is 0.258 e. The second-order valence-corrected chi connectivity index (χ2v) is 6.64. The van der Waals surface area contributed by atoms with Gasteiger partial charge < -0.3 is 25.0 Å². The van der Waals surface area contributed by atoms with Crippen LogP contribution < -0.4 is 25.0 Å². The van der Waals surface area contributed by atoms with Crippen molar-refractivity contribution in [1.82, 2.24) is 5.32 Å². The number of hydrogen-bond acceptors (Lipinski definition) is 5. The topological polar surface area (TPSA) is 79.9 Å². The van der Waals surface area contributed by atoms with E-state index in [4.69, 9.17) is 9.47 Å². The molecule has 0 bridgehead atoms. The lowest BCUT2D eigenvalue weighted by molar-refractivity contribution is -0.124. The average Bonchev–Trinajstić information content (AvgIpc) is 3.11. The third-order valence-electron chi connectivity index (χ3n) is 4.87. The monoisotopic (exact) mass is 367 g/mol. The van der Waals surface area contributed by atoms with Crippen molar-refractivity contribution in [3.63, 3.8) is 0 Å². The van der Waals surface area contributed by atoms with Gasteiger partial charge >= 0.3 is 0 Å². The van der Waals surface area contributed by atoms with E-state index in [0.717, 1.165) is 17.1 Å². The quantitative estimate of drug-likeness (QED) is 0.842. The number of benzene rings is 2. The van der Waals surface area contributed by atoms with Crippen molar-refractivity contribution in [2.75, 3.05) is 30.5 Å². The second-order valence-electron chi connectivity index (χ2n) is 6.64. The van der Waals surface area contributed by atoms with Gasteiger partial charge in [-0.25, -0.2) is 0 Å². The molecule has 0 aliphatic carbocycles. The zero-order valence-electron chi connectivity index (χ0n) is 15.0. The van der Waals surface area contributed by atoms with Crippen LogP contribution in [0.1, 0.15) is 6.42 Å². The van der Waals surface area contributed by atoms with Crippen molar-refractivity contribution < 1.29 is 19.1 Å².